The lowest BCUT2D eigenvalue weighted by atomic mass is 10.1. The fourth-order valence-corrected chi connectivity index (χ4v) is 5.80. The van der Waals surface area contributed by atoms with Crippen molar-refractivity contribution in [1.82, 2.24) is 0 Å². The average Bonchev–Trinajstić information content (AvgIpc) is 2.39. The van der Waals surface area contributed by atoms with Crippen LogP contribution in [0.4, 0.5) is 0 Å². The topological polar surface area (TPSA) is 20.2 Å². The molecule has 0 spiro atoms. The summed E-state index contributed by atoms with van der Waals surface area (Å²) in [4.78, 5) is 0. The molecule has 0 aromatic rings. The van der Waals surface area contributed by atoms with Gasteiger partial charge in [0.25, 0.3) is 0 Å². The van der Waals surface area contributed by atoms with E-state index in [9.17, 15) is 0 Å². The minimum atomic E-state index is -0.171. The van der Waals surface area contributed by atoms with Crippen molar-refractivity contribution in [3.05, 3.63) is 0 Å². The molecule has 0 aliphatic heterocycles. The second-order valence-corrected chi connectivity index (χ2v) is 9.60. The lowest BCUT2D eigenvalue weighted by molar-refractivity contribution is 0.221. The van der Waals surface area contributed by atoms with Crippen LogP contribution in [-0.2, 0) is 0 Å². The third-order valence-electron chi connectivity index (χ3n) is 2.99. The van der Waals surface area contributed by atoms with E-state index in [4.69, 9.17) is 5.11 Å². The van der Waals surface area contributed by atoms with E-state index in [0.29, 0.717) is 0 Å². The molecule has 0 radical (unpaired) electrons. The number of hydrogen-bond acceptors (Lipinski definition) is 4. The number of aliphatic hydroxyl groups is 1. The van der Waals surface area contributed by atoms with Crippen molar-refractivity contribution in [3.8, 4) is 0 Å². The maximum absolute atomic E-state index is 9.10. The molecule has 19 heavy (non-hydrogen) atoms. The van der Waals surface area contributed by atoms with Gasteiger partial charge in [-0.1, -0.05) is 86.3 Å². The Bertz CT molecular complexity index is 165. The predicted molar refractivity (Wildman–Crippen MR) is 96.0 cm³/mol. The molecule has 0 aliphatic carbocycles. The summed E-state index contributed by atoms with van der Waals surface area (Å²) in [5.74, 6) is 2.10. The van der Waals surface area contributed by atoms with E-state index >= 15 is 0 Å². The SMILES string of the molecule is CCCCCCCCCCCCSSSCC(C)O. The first-order valence-corrected chi connectivity index (χ1v) is 11.7. The highest BCUT2D eigenvalue weighted by Gasteiger charge is 1.97. The molecule has 1 unspecified atom stereocenters. The van der Waals surface area contributed by atoms with Crippen LogP contribution in [0, 0.1) is 0 Å². The van der Waals surface area contributed by atoms with Gasteiger partial charge in [0.05, 0.1) is 6.10 Å². The molecule has 1 atom stereocenters. The number of rotatable bonds is 15. The largest absolute Gasteiger partial charge is 0.393 e. The first kappa shape index (κ1) is 20.0. The van der Waals surface area contributed by atoms with Gasteiger partial charge in [0, 0.05) is 11.5 Å². The van der Waals surface area contributed by atoms with Gasteiger partial charge in [-0.25, -0.2) is 0 Å². The Morgan fingerprint density at radius 2 is 1.32 bits per heavy atom. The van der Waals surface area contributed by atoms with Crippen LogP contribution in [0.25, 0.3) is 0 Å². The zero-order chi connectivity index (χ0) is 14.2. The van der Waals surface area contributed by atoms with E-state index in [0.717, 1.165) is 5.75 Å². The van der Waals surface area contributed by atoms with Crippen molar-refractivity contribution in [2.45, 2.75) is 84.2 Å². The van der Waals surface area contributed by atoms with Gasteiger partial charge in [0.1, 0.15) is 0 Å². The van der Waals surface area contributed by atoms with Crippen LogP contribution in [0.3, 0.4) is 0 Å². The number of aliphatic hydroxyl groups excluding tert-OH is 1. The lowest BCUT2D eigenvalue weighted by Crippen LogP contribution is -2.00. The summed E-state index contributed by atoms with van der Waals surface area (Å²) in [6.45, 7) is 4.12. The highest BCUT2D eigenvalue weighted by atomic mass is 33.5. The summed E-state index contributed by atoms with van der Waals surface area (Å²) in [6, 6.07) is 0. The molecule has 0 heterocycles. The van der Waals surface area contributed by atoms with Crippen LogP contribution in [0.5, 0.6) is 0 Å². The Kier molecular flexibility index (Phi) is 18.0. The van der Waals surface area contributed by atoms with Crippen LogP contribution >= 0.6 is 31.4 Å². The summed E-state index contributed by atoms with van der Waals surface area (Å²) >= 11 is 0. The van der Waals surface area contributed by atoms with Crippen LogP contribution in [0.1, 0.15) is 78.1 Å². The Balaban J connectivity index is 2.91. The Hall–Kier alpha value is 1.01. The van der Waals surface area contributed by atoms with Gasteiger partial charge in [-0.3, -0.25) is 0 Å². The predicted octanol–water partition coefficient (Wildman–Crippen LogP) is 6.32. The monoisotopic (exact) mass is 324 g/mol. The molecule has 0 aliphatic rings. The minimum absolute atomic E-state index is 0.171. The third kappa shape index (κ3) is 19.0. The highest BCUT2D eigenvalue weighted by molar-refractivity contribution is 9.09. The van der Waals surface area contributed by atoms with Crippen LogP contribution in [0.15, 0.2) is 0 Å². The van der Waals surface area contributed by atoms with Crippen molar-refractivity contribution < 1.29 is 5.11 Å². The first-order valence-electron chi connectivity index (χ1n) is 7.86. The van der Waals surface area contributed by atoms with E-state index in [2.05, 4.69) is 6.92 Å². The van der Waals surface area contributed by atoms with E-state index < -0.39 is 0 Å². The molecule has 0 bridgehead atoms. The van der Waals surface area contributed by atoms with Gasteiger partial charge in [-0.05, 0) is 23.2 Å². The lowest BCUT2D eigenvalue weighted by Gasteiger charge is -2.03. The molecule has 116 valence electrons. The molecule has 0 fully saturated rings. The molecule has 4 heteroatoms. The van der Waals surface area contributed by atoms with Crippen molar-refractivity contribution >= 4 is 31.4 Å². The molecule has 0 saturated carbocycles. The first-order chi connectivity index (χ1) is 9.27. The molecular formula is C15H32OS3. The summed E-state index contributed by atoms with van der Waals surface area (Å²) < 4.78 is 0. The molecular weight excluding hydrogens is 292 g/mol. The quantitative estimate of drug-likeness (QED) is 0.281. The highest BCUT2D eigenvalue weighted by Crippen LogP contribution is 2.35. The zero-order valence-corrected chi connectivity index (χ0v) is 15.2. The fourth-order valence-electron chi connectivity index (χ4n) is 1.84. The average molecular weight is 325 g/mol. The van der Waals surface area contributed by atoms with E-state index in [-0.39, 0.29) is 6.10 Å². The summed E-state index contributed by atoms with van der Waals surface area (Å²) in [5, 5.41) is 9.10. The van der Waals surface area contributed by atoms with Crippen molar-refractivity contribution in [2.75, 3.05) is 11.5 Å². The molecule has 1 nitrogen and oxygen atoms in total. The van der Waals surface area contributed by atoms with Gasteiger partial charge < -0.3 is 5.11 Å². The van der Waals surface area contributed by atoms with Gasteiger partial charge in [0.2, 0.25) is 0 Å². The van der Waals surface area contributed by atoms with Crippen molar-refractivity contribution in [3.63, 3.8) is 0 Å². The van der Waals surface area contributed by atoms with Crippen LogP contribution < -0.4 is 0 Å². The Morgan fingerprint density at radius 3 is 1.84 bits per heavy atom. The molecule has 0 amide bonds. The maximum Gasteiger partial charge on any atom is 0.0611 e. The fraction of sp³-hybridized carbons (Fsp3) is 1.00. The van der Waals surface area contributed by atoms with E-state index in [1.54, 1.807) is 10.8 Å². The third-order valence-corrected chi connectivity index (χ3v) is 7.47. The molecule has 0 aromatic carbocycles. The van der Waals surface area contributed by atoms with Gasteiger partial charge in [-0.15, -0.1) is 0 Å². The van der Waals surface area contributed by atoms with Crippen LogP contribution in [-0.4, -0.2) is 22.7 Å². The summed E-state index contributed by atoms with van der Waals surface area (Å²) in [7, 11) is 5.55. The van der Waals surface area contributed by atoms with Crippen molar-refractivity contribution in [1.29, 1.82) is 0 Å². The Labute approximate surface area is 132 Å². The van der Waals surface area contributed by atoms with Gasteiger partial charge in [-0.2, -0.15) is 0 Å². The van der Waals surface area contributed by atoms with E-state index in [1.165, 1.54) is 70.0 Å². The van der Waals surface area contributed by atoms with E-state index in [1.807, 2.05) is 27.5 Å². The molecule has 0 saturated heterocycles. The Morgan fingerprint density at radius 1 is 0.789 bits per heavy atom. The molecule has 1 N–H and O–H groups in total. The summed E-state index contributed by atoms with van der Waals surface area (Å²) in [6.07, 6.45) is 14.0. The standard InChI is InChI=1S/C15H32OS3/c1-3-4-5-6-7-8-9-10-11-12-13-17-19-18-14-15(2)16/h15-16H,3-14H2,1-2H3. The molecule has 0 aromatic heterocycles. The smallest absolute Gasteiger partial charge is 0.0611 e. The van der Waals surface area contributed by atoms with Crippen LogP contribution in [0.2, 0.25) is 0 Å². The second kappa shape index (κ2) is 17.1. The van der Waals surface area contributed by atoms with Gasteiger partial charge >= 0.3 is 0 Å². The summed E-state index contributed by atoms with van der Waals surface area (Å²) in [5.41, 5.74) is 0. The number of hydrogen-bond donors (Lipinski definition) is 1. The second-order valence-electron chi connectivity index (χ2n) is 5.21. The zero-order valence-electron chi connectivity index (χ0n) is 12.7. The number of unbranched alkanes of at least 4 members (excludes halogenated alkanes) is 9. The maximum atomic E-state index is 9.10. The minimum Gasteiger partial charge on any atom is -0.393 e. The normalized spacial score (nSPS) is 12.8. The van der Waals surface area contributed by atoms with Gasteiger partial charge in [0.15, 0.2) is 0 Å². The van der Waals surface area contributed by atoms with Crippen molar-refractivity contribution in [2.24, 2.45) is 0 Å². The molecule has 0 rings (SSSR count).